The van der Waals surface area contributed by atoms with Crippen molar-refractivity contribution in [1.29, 1.82) is 0 Å². The number of hydrogen-bond acceptors (Lipinski definition) is 2. The van der Waals surface area contributed by atoms with E-state index in [1.807, 2.05) is 77.1 Å². The van der Waals surface area contributed by atoms with Crippen molar-refractivity contribution in [3.05, 3.63) is 54.6 Å². The van der Waals surface area contributed by atoms with E-state index in [0.717, 1.165) is 11.1 Å². The molecule has 2 rings (SSSR count). The first-order valence-corrected chi connectivity index (χ1v) is 7.59. The fourth-order valence-corrected chi connectivity index (χ4v) is 1.89. The van der Waals surface area contributed by atoms with Crippen molar-refractivity contribution in [2.45, 2.75) is 34.6 Å². The lowest BCUT2D eigenvalue weighted by molar-refractivity contribution is -0.150. The highest BCUT2D eigenvalue weighted by Gasteiger charge is 2.41. The Kier molecular flexibility index (Phi) is 4.41. The van der Waals surface area contributed by atoms with E-state index >= 15 is 0 Å². The van der Waals surface area contributed by atoms with Gasteiger partial charge in [-0.3, -0.25) is 4.79 Å². The third kappa shape index (κ3) is 3.38. The molecule has 22 heavy (non-hydrogen) atoms. The molecule has 0 atom stereocenters. The molecule has 0 aromatic heterocycles. The zero-order valence-corrected chi connectivity index (χ0v) is 14.0. The van der Waals surface area contributed by atoms with Crippen LogP contribution < -0.4 is 4.74 Å². The van der Waals surface area contributed by atoms with Crippen molar-refractivity contribution < 1.29 is 9.53 Å². The largest absolute Gasteiger partial charge is 0.426 e. The van der Waals surface area contributed by atoms with Gasteiger partial charge in [0.2, 0.25) is 0 Å². The van der Waals surface area contributed by atoms with Crippen LogP contribution in [0, 0.1) is 10.8 Å². The molecule has 0 aliphatic rings. The third-order valence-electron chi connectivity index (χ3n) is 4.56. The zero-order valence-electron chi connectivity index (χ0n) is 14.0. The van der Waals surface area contributed by atoms with Crippen LogP contribution in [0.25, 0.3) is 11.1 Å². The molecule has 0 aliphatic heterocycles. The molecule has 0 unspecified atom stereocenters. The molecule has 2 nitrogen and oxygen atoms in total. The van der Waals surface area contributed by atoms with Crippen molar-refractivity contribution in [1.82, 2.24) is 0 Å². The van der Waals surface area contributed by atoms with Gasteiger partial charge in [-0.15, -0.1) is 0 Å². The Hall–Kier alpha value is -2.09. The van der Waals surface area contributed by atoms with Gasteiger partial charge < -0.3 is 4.74 Å². The molecule has 0 heterocycles. The maximum atomic E-state index is 12.4. The molecule has 0 bridgehead atoms. The molecule has 2 aromatic carbocycles. The standard InChI is InChI=1S/C20H24O2/c1-19(2,3)20(4,5)18(21)22-17-13-11-16(12-14-17)15-9-7-6-8-10-15/h6-14H,1-5H3. The van der Waals surface area contributed by atoms with Crippen molar-refractivity contribution in [3.63, 3.8) is 0 Å². The predicted molar refractivity (Wildman–Crippen MR) is 90.7 cm³/mol. The van der Waals surface area contributed by atoms with Crippen LogP contribution in [0.5, 0.6) is 5.75 Å². The lowest BCUT2D eigenvalue weighted by Crippen LogP contribution is -2.40. The van der Waals surface area contributed by atoms with Crippen molar-refractivity contribution in [2.24, 2.45) is 10.8 Å². The molecular weight excluding hydrogens is 272 g/mol. The lowest BCUT2D eigenvalue weighted by Gasteiger charge is -2.36. The molecule has 0 saturated carbocycles. The van der Waals surface area contributed by atoms with E-state index in [1.165, 1.54) is 0 Å². The van der Waals surface area contributed by atoms with Crippen LogP contribution in [0.2, 0.25) is 0 Å². The quantitative estimate of drug-likeness (QED) is 0.565. The number of rotatable bonds is 3. The monoisotopic (exact) mass is 296 g/mol. The van der Waals surface area contributed by atoms with Gasteiger partial charge in [-0.2, -0.15) is 0 Å². The zero-order chi connectivity index (χ0) is 16.4. The minimum atomic E-state index is -0.550. The molecule has 2 heteroatoms. The van der Waals surface area contributed by atoms with Crippen LogP contribution >= 0.6 is 0 Å². The van der Waals surface area contributed by atoms with E-state index in [2.05, 4.69) is 12.1 Å². The van der Waals surface area contributed by atoms with Gasteiger partial charge in [-0.1, -0.05) is 63.2 Å². The summed E-state index contributed by atoms with van der Waals surface area (Å²) >= 11 is 0. The lowest BCUT2D eigenvalue weighted by atomic mass is 9.69. The van der Waals surface area contributed by atoms with Crippen molar-refractivity contribution >= 4 is 5.97 Å². The van der Waals surface area contributed by atoms with E-state index in [9.17, 15) is 4.79 Å². The Labute approximate surface area is 133 Å². The molecule has 0 N–H and O–H groups in total. The second kappa shape index (κ2) is 5.96. The Balaban J connectivity index is 2.14. The van der Waals surface area contributed by atoms with Crippen LogP contribution in [-0.2, 0) is 4.79 Å². The molecule has 0 amide bonds. The second-order valence-electron chi connectivity index (χ2n) is 7.15. The first kappa shape index (κ1) is 16.3. The van der Waals surface area contributed by atoms with E-state index in [1.54, 1.807) is 0 Å². The average Bonchev–Trinajstić information content (AvgIpc) is 2.47. The number of ether oxygens (including phenoxy) is 1. The average molecular weight is 296 g/mol. The highest BCUT2D eigenvalue weighted by atomic mass is 16.5. The molecule has 0 saturated heterocycles. The first-order chi connectivity index (χ1) is 10.2. The Bertz CT molecular complexity index is 632. The Morgan fingerprint density at radius 3 is 1.77 bits per heavy atom. The van der Waals surface area contributed by atoms with Gasteiger partial charge in [0.05, 0.1) is 5.41 Å². The highest BCUT2D eigenvalue weighted by molar-refractivity contribution is 5.79. The Morgan fingerprint density at radius 2 is 1.27 bits per heavy atom. The second-order valence-corrected chi connectivity index (χ2v) is 7.15. The maximum absolute atomic E-state index is 12.4. The predicted octanol–water partition coefficient (Wildman–Crippen LogP) is 5.33. The fraction of sp³-hybridized carbons (Fsp3) is 0.350. The molecule has 116 valence electrons. The highest BCUT2D eigenvalue weighted by Crippen LogP contribution is 2.39. The van der Waals surface area contributed by atoms with Crippen LogP contribution in [-0.4, -0.2) is 5.97 Å². The number of carbonyl (C=O) groups excluding carboxylic acids is 1. The van der Waals surface area contributed by atoms with Gasteiger partial charge in [0, 0.05) is 0 Å². The van der Waals surface area contributed by atoms with E-state index in [4.69, 9.17) is 4.74 Å². The SMILES string of the molecule is CC(C)(C)C(C)(C)C(=O)Oc1ccc(-c2ccccc2)cc1. The smallest absolute Gasteiger partial charge is 0.317 e. The summed E-state index contributed by atoms with van der Waals surface area (Å²) in [4.78, 5) is 12.4. The van der Waals surface area contributed by atoms with Gasteiger partial charge in [-0.25, -0.2) is 0 Å². The van der Waals surface area contributed by atoms with E-state index < -0.39 is 5.41 Å². The van der Waals surface area contributed by atoms with Crippen molar-refractivity contribution in [2.75, 3.05) is 0 Å². The minimum absolute atomic E-state index is 0.159. The maximum Gasteiger partial charge on any atom is 0.317 e. The number of esters is 1. The van der Waals surface area contributed by atoms with Gasteiger partial charge in [0.15, 0.2) is 0 Å². The summed E-state index contributed by atoms with van der Waals surface area (Å²) < 4.78 is 5.56. The summed E-state index contributed by atoms with van der Waals surface area (Å²) in [7, 11) is 0. The number of carbonyl (C=O) groups is 1. The minimum Gasteiger partial charge on any atom is -0.426 e. The summed E-state index contributed by atoms with van der Waals surface area (Å²) in [5.74, 6) is 0.384. The molecule has 0 radical (unpaired) electrons. The van der Waals surface area contributed by atoms with Gasteiger partial charge in [-0.05, 0) is 42.5 Å². The topological polar surface area (TPSA) is 26.3 Å². The molecule has 0 aliphatic carbocycles. The summed E-state index contributed by atoms with van der Waals surface area (Å²) in [6, 6.07) is 17.8. The van der Waals surface area contributed by atoms with Crippen LogP contribution in [0.4, 0.5) is 0 Å². The van der Waals surface area contributed by atoms with E-state index in [0.29, 0.717) is 5.75 Å². The third-order valence-corrected chi connectivity index (χ3v) is 4.56. The van der Waals surface area contributed by atoms with Crippen LogP contribution in [0.15, 0.2) is 54.6 Å². The van der Waals surface area contributed by atoms with Gasteiger partial charge >= 0.3 is 5.97 Å². The van der Waals surface area contributed by atoms with Crippen LogP contribution in [0.1, 0.15) is 34.6 Å². The van der Waals surface area contributed by atoms with Gasteiger partial charge in [0.25, 0.3) is 0 Å². The summed E-state index contributed by atoms with van der Waals surface area (Å²) in [6.45, 7) is 9.99. The van der Waals surface area contributed by atoms with Gasteiger partial charge in [0.1, 0.15) is 5.75 Å². The number of hydrogen-bond donors (Lipinski definition) is 0. The summed E-state index contributed by atoms with van der Waals surface area (Å²) in [6.07, 6.45) is 0. The van der Waals surface area contributed by atoms with Crippen LogP contribution in [0.3, 0.4) is 0 Å². The molecular formula is C20H24O2. The molecule has 2 aromatic rings. The molecule has 0 fully saturated rings. The molecule has 0 spiro atoms. The summed E-state index contributed by atoms with van der Waals surface area (Å²) in [5, 5.41) is 0. The normalized spacial score (nSPS) is 12.0. The number of benzene rings is 2. The summed E-state index contributed by atoms with van der Waals surface area (Å²) in [5.41, 5.74) is 1.55. The van der Waals surface area contributed by atoms with E-state index in [-0.39, 0.29) is 11.4 Å². The fourth-order valence-electron chi connectivity index (χ4n) is 1.89. The Morgan fingerprint density at radius 1 is 0.773 bits per heavy atom. The van der Waals surface area contributed by atoms with Crippen molar-refractivity contribution in [3.8, 4) is 16.9 Å². The first-order valence-electron chi connectivity index (χ1n) is 7.59.